The van der Waals surface area contributed by atoms with Crippen molar-refractivity contribution in [2.45, 2.75) is 25.9 Å². The molecule has 0 unspecified atom stereocenters. The molecule has 0 radical (unpaired) electrons. The second-order valence-corrected chi connectivity index (χ2v) is 7.24. The number of rotatable bonds is 9. The predicted molar refractivity (Wildman–Crippen MR) is 115 cm³/mol. The van der Waals surface area contributed by atoms with Gasteiger partial charge < -0.3 is 14.8 Å². The lowest BCUT2D eigenvalue weighted by molar-refractivity contribution is -0.384. The van der Waals surface area contributed by atoms with Crippen LogP contribution in [0, 0.1) is 10.1 Å². The van der Waals surface area contributed by atoms with E-state index in [-0.39, 0.29) is 11.6 Å². The molecule has 0 aliphatic carbocycles. The Hall–Kier alpha value is -3.94. The number of pyridine rings is 1. The van der Waals surface area contributed by atoms with Gasteiger partial charge in [0.15, 0.2) is 17.1 Å². The number of aromatic nitrogens is 1. The van der Waals surface area contributed by atoms with E-state index in [4.69, 9.17) is 9.47 Å². The number of para-hydroxylation sites is 2. The number of non-ortho nitro benzene ring substituents is 1. The Morgan fingerprint density at radius 2 is 1.71 bits per heavy atom. The second-order valence-electron chi connectivity index (χ2n) is 7.24. The Bertz CT molecular complexity index is 1040. The number of nitrogens with one attached hydrogen (secondary N) is 1. The highest BCUT2D eigenvalue weighted by molar-refractivity contribution is 5.84. The number of carbonyl (C=O) groups is 1. The van der Waals surface area contributed by atoms with Crippen LogP contribution >= 0.6 is 0 Å². The van der Waals surface area contributed by atoms with Crippen LogP contribution in [0.5, 0.6) is 17.2 Å². The first kappa shape index (κ1) is 21.8. The van der Waals surface area contributed by atoms with E-state index in [0.29, 0.717) is 30.2 Å². The molecule has 0 aliphatic heterocycles. The fourth-order valence-electron chi connectivity index (χ4n) is 2.77. The van der Waals surface area contributed by atoms with E-state index in [1.807, 2.05) is 18.2 Å². The minimum atomic E-state index is -1.15. The fraction of sp³-hybridized carbons (Fsp3) is 0.217. The SMILES string of the molecule is CC(C)(Oc1ccccc1Oc1ccc([N+](=O)[O-])cc1)C(=O)NCCc1ccccn1. The summed E-state index contributed by atoms with van der Waals surface area (Å²) in [6.45, 7) is 3.78. The largest absolute Gasteiger partial charge is 0.474 e. The van der Waals surface area contributed by atoms with Crippen molar-refractivity contribution in [2.24, 2.45) is 0 Å². The molecule has 0 aliphatic rings. The number of nitrogens with zero attached hydrogens (tertiary/aromatic N) is 2. The maximum absolute atomic E-state index is 12.7. The third-order valence-corrected chi connectivity index (χ3v) is 4.43. The standard InChI is InChI=1S/C23H23N3O5/c1-23(2,22(27)25-16-14-17-7-5-6-15-24-17)31-21-9-4-3-8-20(21)30-19-12-10-18(11-13-19)26(28)29/h3-13,15H,14,16H2,1-2H3,(H,25,27). The Kier molecular flexibility index (Phi) is 6.81. The highest BCUT2D eigenvalue weighted by Gasteiger charge is 2.30. The van der Waals surface area contributed by atoms with Crippen molar-refractivity contribution in [3.8, 4) is 17.2 Å². The van der Waals surface area contributed by atoms with Crippen LogP contribution in [-0.2, 0) is 11.2 Å². The van der Waals surface area contributed by atoms with Crippen molar-refractivity contribution in [3.63, 3.8) is 0 Å². The molecule has 1 heterocycles. The molecule has 3 rings (SSSR count). The maximum atomic E-state index is 12.7. The molecule has 8 nitrogen and oxygen atoms in total. The molecule has 0 bridgehead atoms. The molecule has 2 aromatic carbocycles. The second kappa shape index (κ2) is 9.71. The topological polar surface area (TPSA) is 104 Å². The first-order valence-electron chi connectivity index (χ1n) is 9.74. The molecule has 1 amide bonds. The van der Waals surface area contributed by atoms with Crippen molar-refractivity contribution in [2.75, 3.05) is 6.54 Å². The fourth-order valence-corrected chi connectivity index (χ4v) is 2.77. The zero-order valence-corrected chi connectivity index (χ0v) is 17.3. The van der Waals surface area contributed by atoms with Gasteiger partial charge in [-0.25, -0.2) is 0 Å². The van der Waals surface area contributed by atoms with E-state index < -0.39 is 10.5 Å². The lowest BCUT2D eigenvalue weighted by Crippen LogP contribution is -2.47. The van der Waals surface area contributed by atoms with Gasteiger partial charge in [0.25, 0.3) is 11.6 Å². The van der Waals surface area contributed by atoms with Crippen LogP contribution in [0.4, 0.5) is 5.69 Å². The van der Waals surface area contributed by atoms with Crippen LogP contribution in [0.3, 0.4) is 0 Å². The summed E-state index contributed by atoms with van der Waals surface area (Å²) in [6, 6.07) is 18.3. The summed E-state index contributed by atoms with van der Waals surface area (Å²) in [4.78, 5) is 27.2. The number of hydrogen-bond donors (Lipinski definition) is 1. The van der Waals surface area contributed by atoms with Gasteiger partial charge in [0.2, 0.25) is 0 Å². The van der Waals surface area contributed by atoms with Crippen LogP contribution in [0.15, 0.2) is 72.9 Å². The monoisotopic (exact) mass is 421 g/mol. The van der Waals surface area contributed by atoms with Gasteiger partial charge in [0.1, 0.15) is 5.75 Å². The number of benzene rings is 2. The Labute approximate surface area is 180 Å². The van der Waals surface area contributed by atoms with E-state index in [2.05, 4.69) is 10.3 Å². The summed E-state index contributed by atoms with van der Waals surface area (Å²) in [5.74, 6) is 0.921. The highest BCUT2D eigenvalue weighted by atomic mass is 16.6. The van der Waals surface area contributed by atoms with Crippen molar-refractivity contribution < 1.29 is 19.2 Å². The Morgan fingerprint density at radius 1 is 1.03 bits per heavy atom. The van der Waals surface area contributed by atoms with Crippen LogP contribution < -0.4 is 14.8 Å². The van der Waals surface area contributed by atoms with Crippen molar-refractivity contribution in [3.05, 3.63) is 88.7 Å². The van der Waals surface area contributed by atoms with Crippen molar-refractivity contribution >= 4 is 11.6 Å². The van der Waals surface area contributed by atoms with E-state index in [0.717, 1.165) is 5.69 Å². The van der Waals surface area contributed by atoms with Crippen LogP contribution in [0.1, 0.15) is 19.5 Å². The van der Waals surface area contributed by atoms with Gasteiger partial charge in [0, 0.05) is 37.0 Å². The molecule has 3 aromatic rings. The van der Waals surface area contributed by atoms with E-state index in [1.54, 1.807) is 44.3 Å². The maximum Gasteiger partial charge on any atom is 0.269 e. The lowest BCUT2D eigenvalue weighted by atomic mass is 10.1. The quantitative estimate of drug-likeness (QED) is 0.408. The first-order valence-corrected chi connectivity index (χ1v) is 9.74. The van der Waals surface area contributed by atoms with E-state index >= 15 is 0 Å². The average Bonchev–Trinajstić information content (AvgIpc) is 2.76. The molecule has 31 heavy (non-hydrogen) atoms. The van der Waals surface area contributed by atoms with Gasteiger partial charge >= 0.3 is 0 Å². The van der Waals surface area contributed by atoms with Crippen LogP contribution in [0.25, 0.3) is 0 Å². The van der Waals surface area contributed by atoms with Gasteiger partial charge in [-0.05, 0) is 50.2 Å². The van der Waals surface area contributed by atoms with Gasteiger partial charge in [-0.3, -0.25) is 19.9 Å². The Morgan fingerprint density at radius 3 is 2.35 bits per heavy atom. The number of nitro benzene ring substituents is 1. The summed E-state index contributed by atoms with van der Waals surface area (Å²) >= 11 is 0. The van der Waals surface area contributed by atoms with Crippen molar-refractivity contribution in [1.82, 2.24) is 10.3 Å². The summed E-state index contributed by atoms with van der Waals surface area (Å²) in [5.41, 5.74) is -0.289. The van der Waals surface area contributed by atoms with Gasteiger partial charge in [0.05, 0.1) is 4.92 Å². The molecule has 1 N–H and O–H groups in total. The molecule has 1 aromatic heterocycles. The molecule has 0 fully saturated rings. The summed E-state index contributed by atoms with van der Waals surface area (Å²) < 4.78 is 11.8. The third kappa shape index (κ3) is 6.02. The van der Waals surface area contributed by atoms with Gasteiger partial charge in [-0.1, -0.05) is 18.2 Å². The average molecular weight is 421 g/mol. The highest BCUT2D eigenvalue weighted by Crippen LogP contribution is 2.34. The number of carbonyl (C=O) groups excluding carboxylic acids is 1. The number of amides is 1. The molecule has 0 saturated heterocycles. The van der Waals surface area contributed by atoms with E-state index in [1.165, 1.54) is 24.3 Å². The molecule has 8 heteroatoms. The lowest BCUT2D eigenvalue weighted by Gasteiger charge is -2.26. The van der Waals surface area contributed by atoms with Crippen molar-refractivity contribution in [1.29, 1.82) is 0 Å². The molecule has 160 valence electrons. The van der Waals surface area contributed by atoms with Crippen LogP contribution in [-0.4, -0.2) is 28.0 Å². The Balaban J connectivity index is 1.64. The summed E-state index contributed by atoms with van der Waals surface area (Å²) in [7, 11) is 0. The zero-order chi connectivity index (χ0) is 22.3. The number of nitro groups is 1. The zero-order valence-electron chi connectivity index (χ0n) is 17.3. The van der Waals surface area contributed by atoms with Gasteiger partial charge in [-0.2, -0.15) is 0 Å². The number of ether oxygens (including phenoxy) is 2. The minimum absolute atomic E-state index is 0.0274. The number of hydrogen-bond acceptors (Lipinski definition) is 6. The third-order valence-electron chi connectivity index (χ3n) is 4.43. The minimum Gasteiger partial charge on any atom is -0.474 e. The predicted octanol–water partition coefficient (Wildman–Crippen LogP) is 4.30. The molecule has 0 saturated carbocycles. The summed E-state index contributed by atoms with van der Waals surface area (Å²) in [5, 5.41) is 13.7. The molecule has 0 atom stereocenters. The molecular formula is C23H23N3O5. The smallest absolute Gasteiger partial charge is 0.269 e. The van der Waals surface area contributed by atoms with Crippen LogP contribution in [0.2, 0.25) is 0 Å². The van der Waals surface area contributed by atoms with Gasteiger partial charge in [-0.15, -0.1) is 0 Å². The normalized spacial score (nSPS) is 10.9. The first-order chi connectivity index (χ1) is 14.8. The molecular weight excluding hydrogens is 398 g/mol. The van der Waals surface area contributed by atoms with E-state index in [9.17, 15) is 14.9 Å². The molecule has 0 spiro atoms. The summed E-state index contributed by atoms with van der Waals surface area (Å²) in [6.07, 6.45) is 2.33.